The molecule has 1 rings (SSSR count). The number of carbonyl (C=O) groups excluding carboxylic acids is 4. The molecule has 0 bridgehead atoms. The summed E-state index contributed by atoms with van der Waals surface area (Å²) in [6.45, 7) is 13.7. The van der Waals surface area contributed by atoms with Crippen molar-refractivity contribution in [1.82, 2.24) is 15.1 Å². The van der Waals surface area contributed by atoms with E-state index in [9.17, 15) is 24.3 Å². The lowest BCUT2D eigenvalue weighted by Gasteiger charge is -2.39. The van der Waals surface area contributed by atoms with Crippen LogP contribution in [0.15, 0.2) is 0 Å². The highest BCUT2D eigenvalue weighted by Crippen LogP contribution is 2.29. The summed E-state index contributed by atoms with van der Waals surface area (Å²) in [6.07, 6.45) is 2.28. The first-order chi connectivity index (χ1) is 19.9. The van der Waals surface area contributed by atoms with Gasteiger partial charge in [0, 0.05) is 27.8 Å². The number of likely N-dealkylation sites (N-methyl/N-ethyl adjacent to an activating group) is 1. The molecule has 1 saturated heterocycles. The summed E-state index contributed by atoms with van der Waals surface area (Å²) in [5.41, 5.74) is 5.58. The van der Waals surface area contributed by atoms with Crippen molar-refractivity contribution in [3.63, 3.8) is 0 Å². The summed E-state index contributed by atoms with van der Waals surface area (Å²) in [6, 6.07) is -1.90. The first-order valence-electron chi connectivity index (χ1n) is 15.2. The van der Waals surface area contributed by atoms with Crippen LogP contribution in [-0.2, 0) is 33.4 Å². The number of hydrogen-bond acceptors (Lipinski definition) is 9. The number of likely N-dealkylation sites (tertiary alicyclic amines) is 1. The third kappa shape index (κ3) is 12.5. The van der Waals surface area contributed by atoms with E-state index in [1.165, 1.54) is 27.8 Å². The van der Waals surface area contributed by atoms with Crippen molar-refractivity contribution in [2.24, 2.45) is 17.6 Å². The standard InChI is InChI=1S/C25H46N4O8.C3H8.C2H6/c1-8-15(2)22(28(4)21(32)13-26)19(35-5)12-20(31)29-11-9-10-18(29)23(36-6)16(3)24(33)27-17(14-30)25(34)37-7;1-3-2;1-2/h15-19,22-23,30H,8-14,26H2,1-7H3,(H,27,33);3H2,1-2H3;1-2H3/t15?,16?,17-,18?,19?,22?,23?;;/m0../s1. The third-order valence-electron chi connectivity index (χ3n) is 7.46. The van der Waals surface area contributed by atoms with Gasteiger partial charge in [0.25, 0.3) is 0 Å². The average molecular weight is 605 g/mol. The van der Waals surface area contributed by atoms with Gasteiger partial charge in [-0.1, -0.05) is 61.3 Å². The van der Waals surface area contributed by atoms with Crippen molar-refractivity contribution in [1.29, 1.82) is 0 Å². The lowest BCUT2D eigenvalue weighted by molar-refractivity contribution is -0.148. The van der Waals surface area contributed by atoms with Crippen LogP contribution in [0.2, 0.25) is 0 Å². The number of aliphatic hydroxyl groups excluding tert-OH is 1. The van der Waals surface area contributed by atoms with Gasteiger partial charge in [0.05, 0.1) is 56.9 Å². The van der Waals surface area contributed by atoms with Gasteiger partial charge in [-0.2, -0.15) is 0 Å². The average Bonchev–Trinajstić information content (AvgIpc) is 3.49. The van der Waals surface area contributed by atoms with Crippen molar-refractivity contribution >= 4 is 23.7 Å². The molecule has 0 aromatic heterocycles. The van der Waals surface area contributed by atoms with E-state index in [1.807, 2.05) is 27.7 Å². The first-order valence-corrected chi connectivity index (χ1v) is 15.2. The summed E-state index contributed by atoms with van der Waals surface area (Å²) in [5, 5.41) is 11.9. The Kier molecular flexibility index (Phi) is 23.1. The molecule has 6 unspecified atom stereocenters. The summed E-state index contributed by atoms with van der Waals surface area (Å²) >= 11 is 0. The van der Waals surface area contributed by atoms with E-state index in [4.69, 9.17) is 15.2 Å². The maximum atomic E-state index is 13.5. The normalized spacial score (nSPS) is 18.5. The van der Waals surface area contributed by atoms with Gasteiger partial charge >= 0.3 is 5.97 Å². The van der Waals surface area contributed by atoms with Crippen molar-refractivity contribution in [2.75, 3.05) is 48.1 Å². The van der Waals surface area contributed by atoms with Crippen molar-refractivity contribution < 1.29 is 38.5 Å². The molecule has 0 saturated carbocycles. The maximum Gasteiger partial charge on any atom is 0.330 e. The molecule has 248 valence electrons. The minimum absolute atomic E-state index is 0.0517. The molecule has 1 aliphatic heterocycles. The molecule has 4 N–H and O–H groups in total. The molecule has 0 aliphatic carbocycles. The van der Waals surface area contributed by atoms with Crippen molar-refractivity contribution in [3.8, 4) is 0 Å². The summed E-state index contributed by atoms with van der Waals surface area (Å²) in [5.74, 6) is -2.29. The Morgan fingerprint density at radius 1 is 1.07 bits per heavy atom. The van der Waals surface area contributed by atoms with Crippen LogP contribution < -0.4 is 11.1 Å². The van der Waals surface area contributed by atoms with Gasteiger partial charge in [-0.15, -0.1) is 0 Å². The predicted octanol–water partition coefficient (Wildman–Crippen LogP) is 1.96. The minimum atomic E-state index is -1.19. The Morgan fingerprint density at radius 2 is 1.64 bits per heavy atom. The monoisotopic (exact) mass is 604 g/mol. The van der Waals surface area contributed by atoms with Gasteiger partial charge in [-0.3, -0.25) is 14.4 Å². The molecule has 12 nitrogen and oxygen atoms in total. The zero-order valence-corrected chi connectivity index (χ0v) is 28.0. The van der Waals surface area contributed by atoms with E-state index in [-0.39, 0.29) is 42.8 Å². The summed E-state index contributed by atoms with van der Waals surface area (Å²) < 4.78 is 16.0. The summed E-state index contributed by atoms with van der Waals surface area (Å²) in [4.78, 5) is 53.8. The van der Waals surface area contributed by atoms with Crippen LogP contribution >= 0.6 is 0 Å². The number of rotatable bonds is 15. The van der Waals surface area contributed by atoms with Gasteiger partial charge in [0.2, 0.25) is 17.7 Å². The molecule has 1 fully saturated rings. The Bertz CT molecular complexity index is 784. The molecule has 1 heterocycles. The predicted molar refractivity (Wildman–Crippen MR) is 164 cm³/mol. The van der Waals surface area contributed by atoms with E-state index in [0.717, 1.165) is 12.8 Å². The van der Waals surface area contributed by atoms with E-state index in [0.29, 0.717) is 13.0 Å². The number of hydrogen-bond donors (Lipinski definition) is 3. The number of carbonyl (C=O) groups is 4. The van der Waals surface area contributed by atoms with Crippen LogP contribution in [0.4, 0.5) is 0 Å². The van der Waals surface area contributed by atoms with Crippen molar-refractivity contribution in [3.05, 3.63) is 0 Å². The van der Waals surface area contributed by atoms with Crippen LogP contribution in [0.5, 0.6) is 0 Å². The zero-order chi connectivity index (χ0) is 33.0. The second-order valence-electron chi connectivity index (χ2n) is 10.3. The fourth-order valence-electron chi connectivity index (χ4n) is 5.09. The lowest BCUT2D eigenvalue weighted by Crippen LogP contribution is -2.54. The molecular weight excluding hydrogens is 544 g/mol. The fraction of sp³-hybridized carbons (Fsp3) is 0.867. The quantitative estimate of drug-likeness (QED) is 0.237. The van der Waals surface area contributed by atoms with Gasteiger partial charge in [0.15, 0.2) is 6.04 Å². The topological polar surface area (TPSA) is 161 Å². The number of esters is 1. The molecule has 12 heteroatoms. The number of amides is 3. The highest BCUT2D eigenvalue weighted by molar-refractivity contribution is 5.86. The van der Waals surface area contributed by atoms with Crippen LogP contribution in [-0.4, -0.2) is 117 Å². The number of nitrogens with zero attached hydrogens (tertiary/aromatic N) is 2. The smallest absolute Gasteiger partial charge is 0.330 e. The molecule has 1 aliphatic rings. The van der Waals surface area contributed by atoms with Crippen LogP contribution in [0.25, 0.3) is 0 Å². The van der Waals surface area contributed by atoms with Crippen LogP contribution in [0.1, 0.15) is 80.6 Å². The second-order valence-corrected chi connectivity index (χ2v) is 10.3. The maximum absolute atomic E-state index is 13.5. The molecule has 0 aromatic rings. The first kappa shape index (κ1) is 41.9. The number of aliphatic hydroxyl groups is 1. The number of nitrogens with two attached hydrogens (primary N) is 1. The van der Waals surface area contributed by atoms with E-state index >= 15 is 0 Å². The largest absolute Gasteiger partial charge is 0.467 e. The number of methoxy groups -OCH3 is 3. The van der Waals surface area contributed by atoms with Crippen LogP contribution in [0, 0.1) is 11.8 Å². The SMILES string of the molecule is CC.CCC.CCC(C)C(C(CC(=O)N1CCCC1C(OC)C(C)C(=O)N[C@@H](CO)C(=O)OC)OC)N(C)C(=O)CN. The van der Waals surface area contributed by atoms with Gasteiger partial charge in [-0.25, -0.2) is 4.79 Å². The molecular formula is C30H60N4O8. The third-order valence-corrected chi connectivity index (χ3v) is 7.46. The Balaban J connectivity index is 0. The zero-order valence-electron chi connectivity index (χ0n) is 28.0. The lowest BCUT2D eigenvalue weighted by atomic mass is 9.90. The van der Waals surface area contributed by atoms with Crippen molar-refractivity contribution in [2.45, 2.75) is 111 Å². The molecule has 0 spiro atoms. The molecule has 0 aromatic carbocycles. The highest BCUT2D eigenvalue weighted by Gasteiger charge is 2.42. The number of ether oxygens (including phenoxy) is 3. The second kappa shape index (κ2) is 23.2. The summed E-state index contributed by atoms with van der Waals surface area (Å²) in [7, 11) is 5.85. The minimum Gasteiger partial charge on any atom is -0.467 e. The van der Waals surface area contributed by atoms with Crippen LogP contribution in [0.3, 0.4) is 0 Å². The Hall–Kier alpha value is -2.28. The highest BCUT2D eigenvalue weighted by atomic mass is 16.5. The van der Waals surface area contributed by atoms with Gasteiger partial charge in [0.1, 0.15) is 0 Å². The molecule has 0 radical (unpaired) electrons. The Labute approximate surface area is 254 Å². The molecule has 42 heavy (non-hydrogen) atoms. The van der Waals surface area contributed by atoms with E-state index in [2.05, 4.69) is 23.9 Å². The van der Waals surface area contributed by atoms with E-state index in [1.54, 1.807) is 23.8 Å². The van der Waals surface area contributed by atoms with E-state index < -0.39 is 42.7 Å². The van der Waals surface area contributed by atoms with Gasteiger partial charge in [-0.05, 0) is 18.8 Å². The Morgan fingerprint density at radius 3 is 2.07 bits per heavy atom. The molecule has 7 atom stereocenters. The number of nitrogens with one attached hydrogen (secondary N) is 1. The molecule has 3 amide bonds. The fourth-order valence-corrected chi connectivity index (χ4v) is 5.09. The van der Waals surface area contributed by atoms with Gasteiger partial charge < -0.3 is 40.2 Å².